The van der Waals surface area contributed by atoms with E-state index in [0.29, 0.717) is 41.2 Å². The first-order valence-electron chi connectivity index (χ1n) is 9.29. The molecule has 1 amide bonds. The van der Waals surface area contributed by atoms with Gasteiger partial charge in [-0.3, -0.25) is 4.79 Å². The molecule has 2 aromatic rings. The van der Waals surface area contributed by atoms with Gasteiger partial charge in [0.2, 0.25) is 5.91 Å². The average molecular weight is 404 g/mol. The topological polar surface area (TPSA) is 56.8 Å². The van der Waals surface area contributed by atoms with Crippen molar-refractivity contribution >= 4 is 29.3 Å². The molecule has 6 heteroatoms. The van der Waals surface area contributed by atoms with E-state index in [1.54, 1.807) is 24.3 Å². The van der Waals surface area contributed by atoms with Crippen molar-refractivity contribution < 1.29 is 19.0 Å². The number of benzene rings is 2. The number of nitrogens with one attached hydrogen (secondary N) is 1. The molecule has 150 valence electrons. The fourth-order valence-corrected chi connectivity index (χ4v) is 2.64. The summed E-state index contributed by atoms with van der Waals surface area (Å²) in [5.41, 5.74) is 1.35. The Balaban J connectivity index is 2.09. The molecule has 0 saturated heterocycles. The van der Waals surface area contributed by atoms with E-state index in [0.717, 1.165) is 18.4 Å². The van der Waals surface area contributed by atoms with Gasteiger partial charge < -0.3 is 19.5 Å². The van der Waals surface area contributed by atoms with Gasteiger partial charge in [-0.2, -0.15) is 0 Å². The predicted octanol–water partition coefficient (Wildman–Crippen LogP) is 5.58. The van der Waals surface area contributed by atoms with Crippen molar-refractivity contribution in [1.29, 1.82) is 0 Å². The minimum Gasteiger partial charge on any atom is -0.495 e. The number of hydrogen-bond acceptors (Lipinski definition) is 4. The zero-order chi connectivity index (χ0) is 20.4. The van der Waals surface area contributed by atoms with Gasteiger partial charge in [-0.1, -0.05) is 31.0 Å². The molecular weight excluding hydrogens is 378 g/mol. The minimum absolute atomic E-state index is 0.290. The maximum Gasteiger partial charge on any atom is 0.248 e. The third kappa shape index (κ3) is 6.50. The van der Waals surface area contributed by atoms with Gasteiger partial charge in [0.15, 0.2) is 11.5 Å². The maximum absolute atomic E-state index is 12.3. The lowest BCUT2D eigenvalue weighted by Gasteiger charge is -2.12. The molecule has 0 unspecified atom stereocenters. The van der Waals surface area contributed by atoms with Gasteiger partial charge >= 0.3 is 0 Å². The molecule has 5 nitrogen and oxygen atoms in total. The molecule has 0 aromatic heterocycles. The molecule has 0 aliphatic rings. The Morgan fingerprint density at radius 2 is 1.86 bits per heavy atom. The first-order valence-corrected chi connectivity index (χ1v) is 9.67. The molecule has 0 fully saturated rings. The summed E-state index contributed by atoms with van der Waals surface area (Å²) in [6.45, 7) is 5.22. The van der Waals surface area contributed by atoms with E-state index in [2.05, 4.69) is 12.2 Å². The Morgan fingerprint density at radius 3 is 2.57 bits per heavy atom. The Labute approximate surface area is 171 Å². The Kier molecular flexibility index (Phi) is 8.69. The third-order valence-corrected chi connectivity index (χ3v) is 4.10. The summed E-state index contributed by atoms with van der Waals surface area (Å²) in [7, 11) is 1.54. The van der Waals surface area contributed by atoms with Crippen LogP contribution in [0.15, 0.2) is 42.5 Å². The van der Waals surface area contributed by atoms with E-state index >= 15 is 0 Å². The molecule has 0 bridgehead atoms. The summed E-state index contributed by atoms with van der Waals surface area (Å²) >= 11 is 5.99. The predicted molar refractivity (Wildman–Crippen MR) is 114 cm³/mol. The van der Waals surface area contributed by atoms with Crippen molar-refractivity contribution in [3.05, 3.63) is 53.1 Å². The third-order valence-electron chi connectivity index (χ3n) is 3.87. The van der Waals surface area contributed by atoms with Gasteiger partial charge in [0, 0.05) is 11.1 Å². The van der Waals surface area contributed by atoms with Crippen LogP contribution >= 0.6 is 11.6 Å². The first kappa shape index (κ1) is 21.6. The van der Waals surface area contributed by atoms with Crippen molar-refractivity contribution in [2.24, 2.45) is 0 Å². The van der Waals surface area contributed by atoms with Crippen LogP contribution in [0.2, 0.25) is 5.02 Å². The Bertz CT molecular complexity index is 820. The smallest absolute Gasteiger partial charge is 0.248 e. The second kappa shape index (κ2) is 11.2. The number of halogens is 1. The molecular formula is C22H26ClNO4. The van der Waals surface area contributed by atoms with E-state index < -0.39 is 0 Å². The highest BCUT2D eigenvalue weighted by Gasteiger charge is 2.08. The van der Waals surface area contributed by atoms with Crippen LogP contribution in [0.25, 0.3) is 6.08 Å². The van der Waals surface area contributed by atoms with E-state index in [4.69, 9.17) is 25.8 Å². The van der Waals surface area contributed by atoms with Crippen LogP contribution in [0.1, 0.15) is 32.3 Å². The number of anilines is 1. The number of carbonyl (C=O) groups is 1. The largest absolute Gasteiger partial charge is 0.495 e. The average Bonchev–Trinajstić information content (AvgIpc) is 2.68. The standard InChI is InChI=1S/C22H26ClNO4/c1-4-6-13-28-20-10-7-16(14-21(20)27-5-2)8-12-22(25)24-18-15-17(23)9-11-19(18)26-3/h7-12,14-15H,4-6,13H2,1-3H3,(H,24,25)/b12-8+. The van der Waals surface area contributed by atoms with Crippen molar-refractivity contribution in [1.82, 2.24) is 0 Å². The summed E-state index contributed by atoms with van der Waals surface area (Å²) < 4.78 is 16.7. The lowest BCUT2D eigenvalue weighted by molar-refractivity contribution is -0.111. The highest BCUT2D eigenvalue weighted by atomic mass is 35.5. The number of hydrogen-bond donors (Lipinski definition) is 1. The Hall–Kier alpha value is -2.66. The fourth-order valence-electron chi connectivity index (χ4n) is 2.47. The summed E-state index contributed by atoms with van der Waals surface area (Å²) in [5.74, 6) is 1.62. The molecule has 0 spiro atoms. The molecule has 0 aliphatic carbocycles. The molecule has 2 rings (SSSR count). The summed E-state index contributed by atoms with van der Waals surface area (Å²) in [6, 6.07) is 10.6. The number of rotatable bonds is 10. The molecule has 28 heavy (non-hydrogen) atoms. The van der Waals surface area contributed by atoms with Gasteiger partial charge in [-0.15, -0.1) is 0 Å². The quantitative estimate of drug-likeness (QED) is 0.415. The second-order valence-electron chi connectivity index (χ2n) is 6.01. The zero-order valence-electron chi connectivity index (χ0n) is 16.5. The van der Waals surface area contributed by atoms with Gasteiger partial charge in [-0.25, -0.2) is 0 Å². The van der Waals surface area contributed by atoms with Crippen LogP contribution in [0.4, 0.5) is 5.69 Å². The van der Waals surface area contributed by atoms with E-state index in [1.807, 2.05) is 25.1 Å². The molecule has 0 aliphatic heterocycles. The van der Waals surface area contributed by atoms with E-state index in [-0.39, 0.29) is 5.91 Å². The minimum atomic E-state index is -0.290. The normalized spacial score (nSPS) is 10.7. The van der Waals surface area contributed by atoms with Crippen LogP contribution in [0.3, 0.4) is 0 Å². The van der Waals surface area contributed by atoms with Gasteiger partial charge in [-0.05, 0) is 55.3 Å². The van der Waals surface area contributed by atoms with Crippen molar-refractivity contribution in [3.63, 3.8) is 0 Å². The van der Waals surface area contributed by atoms with Crippen molar-refractivity contribution in [2.75, 3.05) is 25.6 Å². The van der Waals surface area contributed by atoms with Gasteiger partial charge in [0.05, 0.1) is 26.0 Å². The first-order chi connectivity index (χ1) is 13.6. The number of carbonyl (C=O) groups excluding carboxylic acids is 1. The zero-order valence-corrected chi connectivity index (χ0v) is 17.2. The molecule has 0 radical (unpaired) electrons. The molecule has 0 heterocycles. The van der Waals surface area contributed by atoms with Crippen molar-refractivity contribution in [3.8, 4) is 17.2 Å². The molecule has 2 aromatic carbocycles. The summed E-state index contributed by atoms with van der Waals surface area (Å²) in [6.07, 6.45) is 5.21. The maximum atomic E-state index is 12.3. The van der Waals surface area contributed by atoms with Crippen LogP contribution in [0, 0.1) is 0 Å². The summed E-state index contributed by atoms with van der Waals surface area (Å²) in [4.78, 5) is 12.3. The highest BCUT2D eigenvalue weighted by Crippen LogP contribution is 2.30. The molecule has 0 saturated carbocycles. The van der Waals surface area contributed by atoms with Crippen LogP contribution in [-0.2, 0) is 4.79 Å². The number of ether oxygens (including phenoxy) is 3. The van der Waals surface area contributed by atoms with E-state index in [9.17, 15) is 4.79 Å². The number of amides is 1. The number of unbranched alkanes of at least 4 members (excludes halogenated alkanes) is 1. The van der Waals surface area contributed by atoms with E-state index in [1.165, 1.54) is 13.2 Å². The second-order valence-corrected chi connectivity index (χ2v) is 6.44. The SMILES string of the molecule is CCCCOc1ccc(/C=C/C(=O)Nc2cc(Cl)ccc2OC)cc1OCC. The van der Waals surface area contributed by atoms with Gasteiger partial charge in [0.25, 0.3) is 0 Å². The number of methoxy groups -OCH3 is 1. The van der Waals surface area contributed by atoms with Crippen LogP contribution in [-0.4, -0.2) is 26.2 Å². The fraction of sp³-hybridized carbons (Fsp3) is 0.318. The molecule has 1 N–H and O–H groups in total. The van der Waals surface area contributed by atoms with Crippen molar-refractivity contribution in [2.45, 2.75) is 26.7 Å². The lowest BCUT2D eigenvalue weighted by Crippen LogP contribution is -2.08. The summed E-state index contributed by atoms with van der Waals surface area (Å²) in [5, 5.41) is 3.28. The molecule has 0 atom stereocenters. The van der Waals surface area contributed by atoms with Crippen LogP contribution in [0.5, 0.6) is 17.2 Å². The highest BCUT2D eigenvalue weighted by molar-refractivity contribution is 6.31. The monoisotopic (exact) mass is 403 g/mol. The Morgan fingerprint density at radius 1 is 1.07 bits per heavy atom. The lowest BCUT2D eigenvalue weighted by atomic mass is 10.2. The van der Waals surface area contributed by atoms with Crippen LogP contribution < -0.4 is 19.5 Å². The van der Waals surface area contributed by atoms with Gasteiger partial charge in [0.1, 0.15) is 5.75 Å².